The van der Waals surface area contributed by atoms with E-state index < -0.39 is 24.3 Å². The monoisotopic (exact) mass is 567 g/mol. The first-order valence-corrected chi connectivity index (χ1v) is 11.1. The van der Waals surface area contributed by atoms with Gasteiger partial charge in [0.15, 0.2) is 0 Å². The molecule has 0 radical (unpaired) electrons. The van der Waals surface area contributed by atoms with Gasteiger partial charge >= 0.3 is 24.3 Å². The first kappa shape index (κ1) is 31.4. The third kappa shape index (κ3) is 9.79. The molecule has 2 aliphatic rings. The number of halogens is 6. The van der Waals surface area contributed by atoms with Crippen molar-refractivity contribution in [1.82, 2.24) is 14.9 Å². The number of fused-ring (bicyclic) bond motifs is 2. The summed E-state index contributed by atoms with van der Waals surface area (Å²) >= 11 is 0. The van der Waals surface area contributed by atoms with Crippen LogP contribution in [0, 0.1) is 0 Å². The van der Waals surface area contributed by atoms with Gasteiger partial charge in [-0.15, -0.1) is 0 Å². The zero-order chi connectivity index (χ0) is 29.2. The van der Waals surface area contributed by atoms with Crippen molar-refractivity contribution in [1.29, 1.82) is 0 Å². The van der Waals surface area contributed by atoms with Gasteiger partial charge in [0.2, 0.25) is 0 Å². The lowest BCUT2D eigenvalue weighted by atomic mass is 10.1. The maximum absolute atomic E-state index is 12.9. The van der Waals surface area contributed by atoms with E-state index in [4.69, 9.17) is 29.3 Å². The maximum Gasteiger partial charge on any atom is 0.490 e. The summed E-state index contributed by atoms with van der Waals surface area (Å²) in [6, 6.07) is 7.52. The van der Waals surface area contributed by atoms with Crippen LogP contribution < -0.4 is 0 Å². The number of pyridine rings is 2. The zero-order valence-electron chi connectivity index (χ0n) is 19.9. The second kappa shape index (κ2) is 13.8. The van der Waals surface area contributed by atoms with E-state index in [1.54, 1.807) is 36.9 Å². The first-order chi connectivity index (χ1) is 18.2. The molecule has 2 fully saturated rings. The van der Waals surface area contributed by atoms with Gasteiger partial charge in [0.25, 0.3) is 5.91 Å². The molecule has 1 saturated carbocycles. The molecule has 2 aromatic rings. The highest BCUT2D eigenvalue weighted by atomic mass is 19.4. The Labute approximate surface area is 217 Å². The highest BCUT2D eigenvalue weighted by Crippen LogP contribution is 2.33. The Kier molecular flexibility index (Phi) is 11.2. The van der Waals surface area contributed by atoms with Gasteiger partial charge in [-0.1, -0.05) is 0 Å². The van der Waals surface area contributed by atoms with Crippen molar-refractivity contribution in [3.63, 3.8) is 0 Å². The van der Waals surface area contributed by atoms with Crippen molar-refractivity contribution in [3.05, 3.63) is 60.2 Å². The lowest BCUT2D eigenvalue weighted by Gasteiger charge is -2.31. The van der Waals surface area contributed by atoms with Gasteiger partial charge in [-0.05, 0) is 42.7 Å². The number of amides is 1. The van der Waals surface area contributed by atoms with Gasteiger partial charge in [0.05, 0.1) is 30.9 Å². The quantitative estimate of drug-likeness (QED) is 0.533. The van der Waals surface area contributed by atoms with Crippen LogP contribution in [0.25, 0.3) is 0 Å². The van der Waals surface area contributed by atoms with Gasteiger partial charge < -0.3 is 24.6 Å². The SMILES string of the molecule is O=C(O)C(F)(F)F.O=C(O)C(F)(F)F.O=C(c1cccnc1)N1CCOC2CCC1C2OCc1ccncc1. The summed E-state index contributed by atoms with van der Waals surface area (Å²) in [6.07, 6.45) is -1.58. The predicted molar refractivity (Wildman–Crippen MR) is 118 cm³/mol. The minimum absolute atomic E-state index is 0.00163. The van der Waals surface area contributed by atoms with Crippen molar-refractivity contribution in [3.8, 4) is 0 Å². The number of hydrogen-bond acceptors (Lipinski definition) is 7. The number of carboxylic acids is 2. The van der Waals surface area contributed by atoms with Crippen molar-refractivity contribution < 1.29 is 60.4 Å². The fourth-order valence-electron chi connectivity index (χ4n) is 3.69. The third-order valence-corrected chi connectivity index (χ3v) is 5.40. The molecular formula is C23H23F6N3O7. The number of hydrogen-bond donors (Lipinski definition) is 2. The minimum Gasteiger partial charge on any atom is -0.475 e. The van der Waals surface area contributed by atoms with Crippen LogP contribution in [0.1, 0.15) is 28.8 Å². The van der Waals surface area contributed by atoms with Crippen LogP contribution >= 0.6 is 0 Å². The van der Waals surface area contributed by atoms with Crippen LogP contribution in [-0.4, -0.2) is 86.7 Å². The van der Waals surface area contributed by atoms with Crippen molar-refractivity contribution in [2.24, 2.45) is 0 Å². The molecule has 39 heavy (non-hydrogen) atoms. The van der Waals surface area contributed by atoms with E-state index in [9.17, 15) is 31.1 Å². The number of carbonyl (C=O) groups is 3. The predicted octanol–water partition coefficient (Wildman–Crippen LogP) is 3.33. The fraction of sp³-hybridized carbons (Fsp3) is 0.435. The van der Waals surface area contributed by atoms with E-state index in [1.165, 1.54) is 0 Å². The van der Waals surface area contributed by atoms with Gasteiger partial charge in [-0.25, -0.2) is 9.59 Å². The van der Waals surface area contributed by atoms with Crippen molar-refractivity contribution in [2.75, 3.05) is 13.2 Å². The molecule has 0 spiro atoms. The molecule has 214 valence electrons. The van der Waals surface area contributed by atoms with Gasteiger partial charge in [-0.3, -0.25) is 14.8 Å². The number of ether oxygens (including phenoxy) is 2. The topological polar surface area (TPSA) is 139 Å². The summed E-state index contributed by atoms with van der Waals surface area (Å²) in [4.78, 5) is 40.7. The number of carbonyl (C=O) groups excluding carboxylic acids is 1. The largest absolute Gasteiger partial charge is 0.490 e. The summed E-state index contributed by atoms with van der Waals surface area (Å²) in [5, 5.41) is 14.2. The molecule has 10 nitrogen and oxygen atoms in total. The van der Waals surface area contributed by atoms with E-state index in [0.717, 1.165) is 18.4 Å². The van der Waals surface area contributed by atoms with Crippen molar-refractivity contribution in [2.45, 2.75) is 50.1 Å². The molecule has 1 saturated heterocycles. The third-order valence-electron chi connectivity index (χ3n) is 5.40. The molecule has 1 aliphatic carbocycles. The van der Waals surface area contributed by atoms with Crippen LogP contribution in [0.4, 0.5) is 26.3 Å². The molecule has 3 atom stereocenters. The molecule has 2 N–H and O–H groups in total. The summed E-state index contributed by atoms with van der Waals surface area (Å²) < 4.78 is 75.6. The summed E-state index contributed by atoms with van der Waals surface area (Å²) in [5.41, 5.74) is 1.68. The van der Waals surface area contributed by atoms with Gasteiger partial charge in [-0.2, -0.15) is 26.3 Å². The normalized spacial score (nSPS) is 20.5. The molecule has 3 unspecified atom stereocenters. The Bertz CT molecular complexity index is 1060. The van der Waals surface area contributed by atoms with Gasteiger partial charge in [0, 0.05) is 31.3 Å². The van der Waals surface area contributed by atoms with Crippen LogP contribution in [0.5, 0.6) is 0 Å². The van der Waals surface area contributed by atoms with Gasteiger partial charge in [0.1, 0.15) is 6.10 Å². The Morgan fingerprint density at radius 3 is 2.05 bits per heavy atom. The molecule has 2 bridgehead atoms. The standard InChI is InChI=1S/C19H21N3O3.2C2HF3O2/c23-19(15-2-1-7-21-12-15)22-10-11-24-17-4-3-16(22)18(17)25-13-14-5-8-20-9-6-14;2*3-2(4,5)1(6)7/h1-2,5-9,12,16-18H,3-4,10-11,13H2;2*(H,6,7). The molecule has 16 heteroatoms. The molecule has 4 rings (SSSR count). The number of aliphatic carboxylic acids is 2. The first-order valence-electron chi connectivity index (χ1n) is 11.1. The molecular weight excluding hydrogens is 544 g/mol. The molecule has 0 aromatic carbocycles. The highest BCUT2D eigenvalue weighted by molar-refractivity contribution is 5.94. The van der Waals surface area contributed by atoms with E-state index >= 15 is 0 Å². The average molecular weight is 567 g/mol. The summed E-state index contributed by atoms with van der Waals surface area (Å²) in [5.74, 6) is -5.51. The number of nitrogens with zero attached hydrogens (tertiary/aromatic N) is 3. The molecule has 2 aromatic heterocycles. The van der Waals surface area contributed by atoms with Crippen molar-refractivity contribution >= 4 is 17.8 Å². The smallest absolute Gasteiger partial charge is 0.475 e. The number of aromatic nitrogens is 2. The maximum atomic E-state index is 12.9. The van der Waals surface area contributed by atoms with E-state index in [1.807, 2.05) is 17.0 Å². The molecule has 1 amide bonds. The van der Waals surface area contributed by atoms with E-state index in [-0.39, 0.29) is 24.2 Å². The Morgan fingerprint density at radius 1 is 0.949 bits per heavy atom. The Hall–Kier alpha value is -3.79. The van der Waals surface area contributed by atoms with E-state index in [0.29, 0.717) is 25.3 Å². The molecule has 3 heterocycles. The summed E-state index contributed by atoms with van der Waals surface area (Å²) in [6.45, 7) is 1.63. The van der Waals surface area contributed by atoms with E-state index in [2.05, 4.69) is 9.97 Å². The lowest BCUT2D eigenvalue weighted by Crippen LogP contribution is -2.46. The fourth-order valence-corrected chi connectivity index (χ4v) is 3.69. The number of carboxylic acid groups (broad SMARTS) is 2. The lowest BCUT2D eigenvalue weighted by molar-refractivity contribution is -0.193. The average Bonchev–Trinajstić information content (AvgIpc) is 3.17. The van der Waals surface area contributed by atoms with Crippen LogP contribution in [0.3, 0.4) is 0 Å². The van der Waals surface area contributed by atoms with Crippen LogP contribution in [-0.2, 0) is 25.7 Å². The number of rotatable bonds is 4. The minimum atomic E-state index is -5.08. The Morgan fingerprint density at radius 2 is 1.54 bits per heavy atom. The summed E-state index contributed by atoms with van der Waals surface area (Å²) in [7, 11) is 0. The van der Waals surface area contributed by atoms with Crippen LogP contribution in [0.15, 0.2) is 49.1 Å². The highest BCUT2D eigenvalue weighted by Gasteiger charge is 2.45. The second-order valence-corrected chi connectivity index (χ2v) is 8.03. The number of alkyl halides is 6. The zero-order valence-corrected chi connectivity index (χ0v) is 19.9. The van der Waals surface area contributed by atoms with Crippen LogP contribution in [0.2, 0.25) is 0 Å². The Balaban J connectivity index is 0.000000317. The molecule has 1 aliphatic heterocycles. The second-order valence-electron chi connectivity index (χ2n) is 8.03.